The topological polar surface area (TPSA) is 70.7 Å². The average molecular weight is 488 g/mol. The molecule has 6 nitrogen and oxygen atoms in total. The minimum Gasteiger partial charge on any atom is -0.492 e. The first-order valence-corrected chi connectivity index (χ1v) is 12.3. The number of hydrogen-bond acceptors (Lipinski definition) is 4. The third kappa shape index (κ3) is 7.18. The maximum atomic E-state index is 13.0. The summed E-state index contributed by atoms with van der Waals surface area (Å²) in [6.07, 6.45) is 0. The van der Waals surface area contributed by atoms with E-state index in [-0.39, 0.29) is 24.9 Å². The Hall–Kier alpha value is -3.64. The first-order chi connectivity index (χ1) is 17.2. The lowest BCUT2D eigenvalue weighted by molar-refractivity contribution is -0.120. The summed E-state index contributed by atoms with van der Waals surface area (Å²) in [6.45, 7) is 12.8. The van der Waals surface area contributed by atoms with Crippen molar-refractivity contribution in [2.45, 2.75) is 41.5 Å². The van der Waals surface area contributed by atoms with Crippen molar-refractivity contribution in [1.82, 2.24) is 4.90 Å². The molecule has 2 N–H and O–H groups in total. The second-order valence-corrected chi connectivity index (χ2v) is 9.41. The van der Waals surface area contributed by atoms with E-state index in [0.717, 1.165) is 50.5 Å². The number of nitrogens with zero attached hydrogens (tertiary/aromatic N) is 1. The van der Waals surface area contributed by atoms with Gasteiger partial charge in [0, 0.05) is 17.9 Å². The van der Waals surface area contributed by atoms with Crippen LogP contribution in [0.4, 0.5) is 11.4 Å². The molecule has 0 spiro atoms. The molecule has 0 aliphatic rings. The van der Waals surface area contributed by atoms with Gasteiger partial charge < -0.3 is 15.4 Å². The Bertz CT molecular complexity index is 1110. The molecule has 0 bridgehead atoms. The van der Waals surface area contributed by atoms with E-state index in [4.69, 9.17) is 4.74 Å². The minimum absolute atomic E-state index is 0.0735. The van der Waals surface area contributed by atoms with Crippen LogP contribution in [0.25, 0.3) is 0 Å². The highest BCUT2D eigenvalue weighted by atomic mass is 16.5. The highest BCUT2D eigenvalue weighted by Gasteiger charge is 2.18. The number of anilines is 2. The average Bonchev–Trinajstić information content (AvgIpc) is 2.81. The Labute approximate surface area is 214 Å². The van der Waals surface area contributed by atoms with Crippen LogP contribution in [0.15, 0.2) is 54.6 Å². The minimum atomic E-state index is -0.167. The van der Waals surface area contributed by atoms with Crippen molar-refractivity contribution in [1.29, 1.82) is 0 Å². The van der Waals surface area contributed by atoms with Gasteiger partial charge >= 0.3 is 0 Å². The van der Waals surface area contributed by atoms with Crippen LogP contribution in [0, 0.1) is 41.5 Å². The summed E-state index contributed by atoms with van der Waals surface area (Å²) in [4.78, 5) is 27.8. The molecule has 0 unspecified atom stereocenters. The summed E-state index contributed by atoms with van der Waals surface area (Å²) in [5.41, 5.74) is 7.75. The van der Waals surface area contributed by atoms with E-state index in [2.05, 4.69) is 10.6 Å². The van der Waals surface area contributed by atoms with E-state index < -0.39 is 0 Å². The van der Waals surface area contributed by atoms with Crippen LogP contribution in [0.2, 0.25) is 0 Å². The van der Waals surface area contributed by atoms with Crippen molar-refractivity contribution in [3.8, 4) is 5.75 Å². The lowest BCUT2D eigenvalue weighted by Gasteiger charge is -2.23. The number of carbonyl (C=O) groups is 2. The molecule has 36 heavy (non-hydrogen) atoms. The fourth-order valence-corrected chi connectivity index (χ4v) is 4.30. The number of rotatable bonds is 10. The van der Waals surface area contributed by atoms with Crippen molar-refractivity contribution < 1.29 is 14.3 Å². The number of amides is 2. The van der Waals surface area contributed by atoms with Crippen molar-refractivity contribution in [3.05, 3.63) is 88.0 Å². The Morgan fingerprint density at radius 1 is 0.639 bits per heavy atom. The molecule has 2 amide bonds. The van der Waals surface area contributed by atoms with Gasteiger partial charge in [0.15, 0.2) is 0 Å². The van der Waals surface area contributed by atoms with Gasteiger partial charge in [-0.05, 0) is 74.9 Å². The molecule has 6 heteroatoms. The van der Waals surface area contributed by atoms with E-state index in [1.54, 1.807) is 0 Å². The summed E-state index contributed by atoms with van der Waals surface area (Å²) in [5, 5.41) is 6.05. The van der Waals surface area contributed by atoms with Gasteiger partial charge in [0.25, 0.3) is 0 Å². The number of benzene rings is 3. The molecule has 0 saturated carbocycles. The molecule has 0 radical (unpaired) electrons. The Morgan fingerprint density at radius 3 is 1.39 bits per heavy atom. The highest BCUT2D eigenvalue weighted by Crippen LogP contribution is 2.23. The number of para-hydroxylation sites is 3. The molecule has 3 rings (SSSR count). The normalized spacial score (nSPS) is 10.9. The van der Waals surface area contributed by atoms with Crippen LogP contribution >= 0.6 is 0 Å². The maximum absolute atomic E-state index is 13.0. The predicted molar refractivity (Wildman–Crippen MR) is 147 cm³/mol. The lowest BCUT2D eigenvalue weighted by atomic mass is 10.1. The fourth-order valence-electron chi connectivity index (χ4n) is 4.30. The molecule has 0 atom stereocenters. The Kier molecular flexibility index (Phi) is 9.25. The van der Waals surface area contributed by atoms with Gasteiger partial charge in [0.2, 0.25) is 11.8 Å². The zero-order valence-electron chi connectivity index (χ0n) is 22.2. The number of hydrogen-bond donors (Lipinski definition) is 2. The zero-order valence-corrected chi connectivity index (χ0v) is 22.2. The summed E-state index contributed by atoms with van der Waals surface area (Å²) in [6, 6.07) is 17.8. The SMILES string of the molecule is Cc1cccc(C)c1NC(=O)CN(CCOc1c(C)cccc1C)CC(=O)Nc1c(C)cccc1C. The van der Waals surface area contributed by atoms with E-state index in [9.17, 15) is 9.59 Å². The van der Waals surface area contributed by atoms with Crippen molar-refractivity contribution in [2.75, 3.05) is 36.9 Å². The van der Waals surface area contributed by atoms with Gasteiger partial charge in [0.1, 0.15) is 12.4 Å². The van der Waals surface area contributed by atoms with Gasteiger partial charge in [-0.3, -0.25) is 14.5 Å². The van der Waals surface area contributed by atoms with E-state index >= 15 is 0 Å². The highest BCUT2D eigenvalue weighted by molar-refractivity contribution is 5.96. The smallest absolute Gasteiger partial charge is 0.238 e. The number of nitrogens with one attached hydrogen (secondary N) is 2. The summed E-state index contributed by atoms with van der Waals surface area (Å²) >= 11 is 0. The lowest BCUT2D eigenvalue weighted by Crippen LogP contribution is -2.41. The molecule has 0 aliphatic heterocycles. The standard InChI is InChI=1S/C30H37N3O3/c1-20-10-7-11-21(2)28(20)31-26(34)18-33(16-17-36-30-24(5)14-9-15-25(30)6)19-27(35)32-29-22(3)12-8-13-23(29)4/h7-15H,16-19H2,1-6H3,(H,31,34)(H,32,35). The van der Waals surface area contributed by atoms with Gasteiger partial charge in [-0.15, -0.1) is 0 Å². The molecule has 0 aromatic heterocycles. The van der Waals surface area contributed by atoms with E-state index in [1.807, 2.05) is 101 Å². The van der Waals surface area contributed by atoms with Crippen molar-refractivity contribution in [3.63, 3.8) is 0 Å². The van der Waals surface area contributed by atoms with Crippen LogP contribution in [-0.2, 0) is 9.59 Å². The van der Waals surface area contributed by atoms with Gasteiger partial charge in [-0.1, -0.05) is 54.6 Å². The molecule has 190 valence electrons. The van der Waals surface area contributed by atoms with Crippen LogP contribution in [-0.4, -0.2) is 43.0 Å². The summed E-state index contributed by atoms with van der Waals surface area (Å²) < 4.78 is 6.07. The molecule has 3 aromatic rings. The molecule has 0 fully saturated rings. The van der Waals surface area contributed by atoms with E-state index in [1.165, 1.54) is 0 Å². The fraction of sp³-hybridized carbons (Fsp3) is 0.333. The first kappa shape index (κ1) is 27.0. The third-order valence-electron chi connectivity index (χ3n) is 6.29. The van der Waals surface area contributed by atoms with Crippen molar-refractivity contribution >= 4 is 23.2 Å². The van der Waals surface area contributed by atoms with Crippen molar-refractivity contribution in [2.24, 2.45) is 0 Å². The van der Waals surface area contributed by atoms with Gasteiger partial charge in [0.05, 0.1) is 13.1 Å². The van der Waals surface area contributed by atoms with Crippen LogP contribution in [0.1, 0.15) is 33.4 Å². The largest absolute Gasteiger partial charge is 0.492 e. The number of carbonyl (C=O) groups excluding carboxylic acids is 2. The molecule has 0 aliphatic carbocycles. The first-order valence-electron chi connectivity index (χ1n) is 12.3. The Morgan fingerprint density at radius 2 is 1.00 bits per heavy atom. The Balaban J connectivity index is 1.70. The molecule has 0 heterocycles. The molecule has 0 saturated heterocycles. The second kappa shape index (κ2) is 12.4. The molecule has 3 aromatic carbocycles. The second-order valence-electron chi connectivity index (χ2n) is 9.41. The number of aryl methyl sites for hydroxylation is 6. The quantitative estimate of drug-likeness (QED) is 0.396. The summed E-state index contributed by atoms with van der Waals surface area (Å²) in [5.74, 6) is 0.510. The van der Waals surface area contributed by atoms with Crippen LogP contribution in [0.3, 0.4) is 0 Å². The van der Waals surface area contributed by atoms with Crippen LogP contribution in [0.5, 0.6) is 5.75 Å². The van der Waals surface area contributed by atoms with Crippen LogP contribution < -0.4 is 15.4 Å². The van der Waals surface area contributed by atoms with Gasteiger partial charge in [-0.25, -0.2) is 0 Å². The third-order valence-corrected chi connectivity index (χ3v) is 6.29. The molecular formula is C30H37N3O3. The number of ether oxygens (including phenoxy) is 1. The maximum Gasteiger partial charge on any atom is 0.238 e. The van der Waals surface area contributed by atoms with Gasteiger partial charge in [-0.2, -0.15) is 0 Å². The summed E-state index contributed by atoms with van der Waals surface area (Å²) in [7, 11) is 0. The monoisotopic (exact) mass is 487 g/mol. The zero-order chi connectivity index (χ0) is 26.2. The van der Waals surface area contributed by atoms with E-state index in [0.29, 0.717) is 13.2 Å². The molecular weight excluding hydrogens is 450 g/mol. The predicted octanol–water partition coefficient (Wildman–Crippen LogP) is 5.50.